The molecule has 14 heavy (non-hydrogen) atoms. The normalized spacial score (nSPS) is 12.9. The van der Waals surface area contributed by atoms with Gasteiger partial charge in [0.25, 0.3) is 0 Å². The Labute approximate surface area is 89.7 Å². The first-order valence-electron chi connectivity index (χ1n) is 4.71. The van der Waals surface area contributed by atoms with E-state index in [4.69, 9.17) is 17.3 Å². The van der Waals surface area contributed by atoms with E-state index in [1.807, 2.05) is 26.0 Å². The molecule has 2 nitrogen and oxygen atoms in total. The van der Waals surface area contributed by atoms with Crippen LogP contribution in [0.15, 0.2) is 12.1 Å². The number of rotatable bonds is 3. The molecule has 0 aliphatic heterocycles. The van der Waals surface area contributed by atoms with Crippen LogP contribution in [0.3, 0.4) is 0 Å². The van der Waals surface area contributed by atoms with Gasteiger partial charge in [-0.1, -0.05) is 17.7 Å². The van der Waals surface area contributed by atoms with Crippen LogP contribution in [-0.2, 0) is 0 Å². The lowest BCUT2D eigenvalue weighted by Gasteiger charge is -2.14. The predicted octanol–water partition coefficient (Wildman–Crippen LogP) is 2.34. The molecule has 0 aliphatic carbocycles. The summed E-state index contributed by atoms with van der Waals surface area (Å²) < 4.78 is 0. The van der Waals surface area contributed by atoms with E-state index in [1.54, 1.807) is 0 Å². The summed E-state index contributed by atoms with van der Waals surface area (Å²) in [7, 11) is 0. The lowest BCUT2D eigenvalue weighted by molar-refractivity contribution is 0.169. The topological polar surface area (TPSA) is 46.2 Å². The Morgan fingerprint density at radius 2 is 2.07 bits per heavy atom. The van der Waals surface area contributed by atoms with Crippen molar-refractivity contribution >= 4 is 11.6 Å². The number of hydrogen-bond donors (Lipinski definition) is 2. The van der Waals surface area contributed by atoms with E-state index in [0.29, 0.717) is 18.0 Å². The zero-order valence-electron chi connectivity index (χ0n) is 8.55. The number of aliphatic hydroxyl groups is 1. The summed E-state index contributed by atoms with van der Waals surface area (Å²) in [6, 6.07) is 3.86. The molecule has 0 aromatic heterocycles. The van der Waals surface area contributed by atoms with E-state index in [2.05, 4.69) is 0 Å². The van der Waals surface area contributed by atoms with Gasteiger partial charge in [0.05, 0.1) is 6.10 Å². The number of aryl methyl sites for hydroxylation is 1. The Morgan fingerprint density at radius 3 is 2.64 bits per heavy atom. The molecular formula is C11H16ClNO. The second-order valence-electron chi connectivity index (χ2n) is 3.55. The molecule has 0 saturated carbocycles. The smallest absolute Gasteiger partial charge is 0.0805 e. The van der Waals surface area contributed by atoms with Gasteiger partial charge in [-0.15, -0.1) is 0 Å². The van der Waals surface area contributed by atoms with Gasteiger partial charge in [0.2, 0.25) is 0 Å². The summed E-state index contributed by atoms with van der Waals surface area (Å²) in [6.07, 6.45) is 0.0677. The molecule has 0 aliphatic rings. The minimum atomic E-state index is -0.502. The van der Waals surface area contributed by atoms with Gasteiger partial charge in [-0.25, -0.2) is 0 Å². The molecule has 0 radical (unpaired) electrons. The first kappa shape index (κ1) is 11.5. The minimum absolute atomic E-state index is 0.478. The van der Waals surface area contributed by atoms with Crippen molar-refractivity contribution in [1.82, 2.24) is 0 Å². The van der Waals surface area contributed by atoms with Gasteiger partial charge in [0.1, 0.15) is 0 Å². The maximum atomic E-state index is 9.81. The van der Waals surface area contributed by atoms with Gasteiger partial charge in [0, 0.05) is 5.02 Å². The van der Waals surface area contributed by atoms with Crippen LogP contribution in [0.2, 0.25) is 5.02 Å². The molecule has 3 N–H and O–H groups in total. The summed E-state index contributed by atoms with van der Waals surface area (Å²) >= 11 is 6.02. The maximum Gasteiger partial charge on any atom is 0.0805 e. The third-order valence-electron chi connectivity index (χ3n) is 2.33. The first-order chi connectivity index (χ1) is 6.56. The number of aliphatic hydroxyl groups excluding tert-OH is 1. The highest BCUT2D eigenvalue weighted by molar-refractivity contribution is 6.31. The van der Waals surface area contributed by atoms with E-state index in [9.17, 15) is 5.11 Å². The van der Waals surface area contributed by atoms with E-state index in [1.165, 1.54) is 0 Å². The molecule has 1 aromatic rings. The standard InChI is InChI=1S/C11H16ClNO/c1-7-5-9(11(14)3-4-13)8(2)10(12)6-7/h5-6,11,14H,3-4,13H2,1-2H3. The molecule has 1 atom stereocenters. The van der Waals surface area contributed by atoms with Gasteiger partial charge >= 0.3 is 0 Å². The highest BCUT2D eigenvalue weighted by Gasteiger charge is 2.12. The molecule has 0 fully saturated rings. The Morgan fingerprint density at radius 1 is 1.43 bits per heavy atom. The molecule has 0 spiro atoms. The van der Waals surface area contributed by atoms with Crippen LogP contribution in [-0.4, -0.2) is 11.7 Å². The third-order valence-corrected chi connectivity index (χ3v) is 2.72. The fourth-order valence-corrected chi connectivity index (χ4v) is 1.78. The molecule has 1 unspecified atom stereocenters. The number of benzene rings is 1. The molecule has 1 rings (SSSR count). The van der Waals surface area contributed by atoms with Crippen LogP contribution >= 0.6 is 11.6 Å². The van der Waals surface area contributed by atoms with Crippen LogP contribution in [0.1, 0.15) is 29.2 Å². The zero-order chi connectivity index (χ0) is 10.7. The molecule has 3 heteroatoms. The van der Waals surface area contributed by atoms with Crippen LogP contribution in [0.5, 0.6) is 0 Å². The molecule has 1 aromatic carbocycles. The van der Waals surface area contributed by atoms with Gasteiger partial charge < -0.3 is 10.8 Å². The summed E-state index contributed by atoms with van der Waals surface area (Å²) in [5.41, 5.74) is 8.29. The number of hydrogen-bond acceptors (Lipinski definition) is 2. The Bertz CT molecular complexity index is 325. The van der Waals surface area contributed by atoms with Crippen LogP contribution < -0.4 is 5.73 Å². The number of nitrogens with two attached hydrogens (primary N) is 1. The van der Waals surface area contributed by atoms with E-state index in [-0.39, 0.29) is 0 Å². The minimum Gasteiger partial charge on any atom is -0.388 e. The third kappa shape index (κ3) is 2.47. The average Bonchev–Trinajstić information content (AvgIpc) is 2.11. The van der Waals surface area contributed by atoms with Crippen LogP contribution in [0.4, 0.5) is 0 Å². The van der Waals surface area contributed by atoms with Crippen molar-refractivity contribution in [2.45, 2.75) is 26.4 Å². The van der Waals surface area contributed by atoms with Crippen molar-refractivity contribution in [2.24, 2.45) is 5.73 Å². The lowest BCUT2D eigenvalue weighted by atomic mass is 9.99. The zero-order valence-corrected chi connectivity index (χ0v) is 9.30. The Hall–Kier alpha value is -0.570. The van der Waals surface area contributed by atoms with Crippen molar-refractivity contribution in [3.63, 3.8) is 0 Å². The molecule has 0 bridgehead atoms. The van der Waals surface area contributed by atoms with E-state index < -0.39 is 6.10 Å². The van der Waals surface area contributed by atoms with Gasteiger partial charge in [-0.05, 0) is 49.6 Å². The Balaban J connectivity index is 3.07. The largest absolute Gasteiger partial charge is 0.388 e. The van der Waals surface area contributed by atoms with Crippen molar-refractivity contribution in [2.75, 3.05) is 6.54 Å². The quantitative estimate of drug-likeness (QED) is 0.810. The summed E-state index contributed by atoms with van der Waals surface area (Å²) in [6.45, 7) is 4.35. The lowest BCUT2D eigenvalue weighted by Crippen LogP contribution is -2.08. The molecule has 0 heterocycles. The van der Waals surface area contributed by atoms with Crippen LogP contribution in [0, 0.1) is 13.8 Å². The highest BCUT2D eigenvalue weighted by Crippen LogP contribution is 2.27. The fraction of sp³-hybridized carbons (Fsp3) is 0.455. The second-order valence-corrected chi connectivity index (χ2v) is 3.96. The average molecular weight is 214 g/mol. The SMILES string of the molecule is Cc1cc(Cl)c(C)c(C(O)CCN)c1. The number of halogens is 1. The van der Waals surface area contributed by atoms with Crippen molar-refractivity contribution in [3.05, 3.63) is 33.8 Å². The van der Waals surface area contributed by atoms with Gasteiger partial charge in [-0.3, -0.25) is 0 Å². The van der Waals surface area contributed by atoms with Crippen LogP contribution in [0.25, 0.3) is 0 Å². The summed E-state index contributed by atoms with van der Waals surface area (Å²) in [5, 5.41) is 10.5. The molecule has 0 amide bonds. The van der Waals surface area contributed by atoms with Crippen molar-refractivity contribution in [3.8, 4) is 0 Å². The van der Waals surface area contributed by atoms with Gasteiger partial charge in [-0.2, -0.15) is 0 Å². The monoisotopic (exact) mass is 213 g/mol. The maximum absolute atomic E-state index is 9.81. The highest BCUT2D eigenvalue weighted by atomic mass is 35.5. The van der Waals surface area contributed by atoms with Crippen molar-refractivity contribution < 1.29 is 5.11 Å². The first-order valence-corrected chi connectivity index (χ1v) is 5.09. The van der Waals surface area contributed by atoms with Crippen molar-refractivity contribution in [1.29, 1.82) is 0 Å². The molecular weight excluding hydrogens is 198 g/mol. The second kappa shape index (κ2) is 4.78. The van der Waals surface area contributed by atoms with E-state index >= 15 is 0 Å². The Kier molecular flexibility index (Phi) is 3.93. The summed E-state index contributed by atoms with van der Waals surface area (Å²) in [4.78, 5) is 0. The molecule has 78 valence electrons. The van der Waals surface area contributed by atoms with Gasteiger partial charge in [0.15, 0.2) is 0 Å². The molecule has 0 saturated heterocycles. The fourth-order valence-electron chi connectivity index (χ4n) is 1.50. The van der Waals surface area contributed by atoms with E-state index in [0.717, 1.165) is 16.7 Å². The summed E-state index contributed by atoms with van der Waals surface area (Å²) in [5.74, 6) is 0. The predicted molar refractivity (Wildman–Crippen MR) is 59.6 cm³/mol.